The molecule has 0 bridgehead atoms. The van der Waals surface area contributed by atoms with Crippen LogP contribution in [0.5, 0.6) is 11.5 Å². The third-order valence-electron chi connectivity index (χ3n) is 3.18. The van der Waals surface area contributed by atoms with Gasteiger partial charge in [0.1, 0.15) is 0 Å². The van der Waals surface area contributed by atoms with Crippen molar-refractivity contribution in [3.8, 4) is 11.5 Å². The van der Waals surface area contributed by atoms with E-state index in [1.54, 1.807) is 37.7 Å². The van der Waals surface area contributed by atoms with Crippen molar-refractivity contribution in [1.82, 2.24) is 10.3 Å². The maximum Gasteiger partial charge on any atom is 0.251 e. The van der Waals surface area contributed by atoms with E-state index in [0.29, 0.717) is 17.1 Å². The number of hydrogen-bond acceptors (Lipinski definition) is 4. The van der Waals surface area contributed by atoms with Gasteiger partial charge >= 0.3 is 0 Å². The van der Waals surface area contributed by atoms with Crippen LogP contribution in [-0.2, 0) is 0 Å². The van der Waals surface area contributed by atoms with E-state index in [2.05, 4.69) is 10.3 Å². The standard InChI is InChI=1S/C16H18N2O3/c1-11(13-5-4-8-17-10-13)18-16(19)12-6-7-14(20-2)15(9-12)21-3/h4-11H,1-3H3,(H,18,19). The maximum atomic E-state index is 12.3. The molecule has 1 aromatic heterocycles. The fourth-order valence-electron chi connectivity index (χ4n) is 1.97. The Morgan fingerprint density at radius 2 is 1.95 bits per heavy atom. The monoisotopic (exact) mass is 286 g/mol. The predicted octanol–water partition coefficient (Wildman–Crippen LogP) is 2.59. The fraction of sp³-hybridized carbons (Fsp3) is 0.250. The summed E-state index contributed by atoms with van der Waals surface area (Å²) in [4.78, 5) is 16.3. The lowest BCUT2D eigenvalue weighted by Gasteiger charge is -2.15. The molecule has 110 valence electrons. The summed E-state index contributed by atoms with van der Waals surface area (Å²) in [6, 6.07) is 8.71. The zero-order valence-corrected chi connectivity index (χ0v) is 12.3. The Balaban J connectivity index is 2.13. The molecule has 2 rings (SSSR count). The molecule has 21 heavy (non-hydrogen) atoms. The third-order valence-corrected chi connectivity index (χ3v) is 3.18. The Labute approximate surface area is 123 Å². The normalized spacial score (nSPS) is 11.6. The van der Waals surface area contributed by atoms with Gasteiger partial charge in [0.25, 0.3) is 5.91 Å². The number of ether oxygens (including phenoxy) is 2. The molecule has 5 nitrogen and oxygen atoms in total. The minimum atomic E-state index is -0.174. The SMILES string of the molecule is COc1ccc(C(=O)NC(C)c2cccnc2)cc1OC. The van der Waals surface area contributed by atoms with Crippen LogP contribution in [0, 0.1) is 0 Å². The van der Waals surface area contributed by atoms with Crippen molar-refractivity contribution in [3.05, 3.63) is 53.9 Å². The van der Waals surface area contributed by atoms with Gasteiger partial charge in [-0.3, -0.25) is 9.78 Å². The number of methoxy groups -OCH3 is 2. The topological polar surface area (TPSA) is 60.5 Å². The number of aromatic nitrogens is 1. The van der Waals surface area contributed by atoms with Gasteiger partial charge in [-0.1, -0.05) is 6.07 Å². The first-order valence-corrected chi connectivity index (χ1v) is 6.58. The number of benzene rings is 1. The highest BCUT2D eigenvalue weighted by Gasteiger charge is 2.14. The minimum Gasteiger partial charge on any atom is -0.493 e. The van der Waals surface area contributed by atoms with Gasteiger partial charge in [0.15, 0.2) is 11.5 Å². The van der Waals surface area contributed by atoms with E-state index < -0.39 is 0 Å². The highest BCUT2D eigenvalue weighted by molar-refractivity contribution is 5.95. The predicted molar refractivity (Wildman–Crippen MR) is 79.7 cm³/mol. The van der Waals surface area contributed by atoms with Gasteiger partial charge in [0.2, 0.25) is 0 Å². The molecule has 0 spiro atoms. The molecule has 0 saturated heterocycles. The highest BCUT2D eigenvalue weighted by Crippen LogP contribution is 2.27. The summed E-state index contributed by atoms with van der Waals surface area (Å²) in [6.07, 6.45) is 3.44. The van der Waals surface area contributed by atoms with Crippen molar-refractivity contribution in [3.63, 3.8) is 0 Å². The van der Waals surface area contributed by atoms with Crippen LogP contribution in [0.3, 0.4) is 0 Å². The molecule has 1 amide bonds. The Bertz CT molecular complexity index is 614. The van der Waals surface area contributed by atoms with E-state index in [9.17, 15) is 4.79 Å². The van der Waals surface area contributed by atoms with Gasteiger partial charge in [-0.15, -0.1) is 0 Å². The summed E-state index contributed by atoms with van der Waals surface area (Å²) >= 11 is 0. The van der Waals surface area contributed by atoms with E-state index in [0.717, 1.165) is 5.56 Å². The summed E-state index contributed by atoms with van der Waals surface area (Å²) < 4.78 is 10.4. The maximum absolute atomic E-state index is 12.3. The molecule has 1 heterocycles. The van der Waals surface area contributed by atoms with Gasteiger partial charge in [-0.2, -0.15) is 0 Å². The molecule has 1 atom stereocenters. The summed E-state index contributed by atoms with van der Waals surface area (Å²) in [5.41, 5.74) is 1.47. The smallest absolute Gasteiger partial charge is 0.251 e. The van der Waals surface area contributed by atoms with Crippen LogP contribution >= 0.6 is 0 Å². The van der Waals surface area contributed by atoms with Crippen LogP contribution < -0.4 is 14.8 Å². The molecule has 0 aliphatic heterocycles. The van der Waals surface area contributed by atoms with Crippen molar-refractivity contribution in [2.24, 2.45) is 0 Å². The quantitative estimate of drug-likeness (QED) is 0.917. The van der Waals surface area contributed by atoms with Crippen molar-refractivity contribution in [2.75, 3.05) is 14.2 Å². The Morgan fingerprint density at radius 3 is 2.57 bits per heavy atom. The Hall–Kier alpha value is -2.56. The van der Waals surface area contributed by atoms with Crippen LogP contribution in [0.2, 0.25) is 0 Å². The zero-order valence-electron chi connectivity index (χ0n) is 12.3. The van der Waals surface area contributed by atoms with Crippen molar-refractivity contribution in [2.45, 2.75) is 13.0 Å². The van der Waals surface area contributed by atoms with Gasteiger partial charge in [-0.25, -0.2) is 0 Å². The molecular formula is C16H18N2O3. The lowest BCUT2D eigenvalue weighted by Crippen LogP contribution is -2.26. The van der Waals surface area contributed by atoms with Crippen LogP contribution in [0.25, 0.3) is 0 Å². The van der Waals surface area contributed by atoms with Crippen LogP contribution in [0.4, 0.5) is 0 Å². The molecule has 0 saturated carbocycles. The summed E-state index contributed by atoms with van der Waals surface area (Å²) in [5.74, 6) is 0.945. The Kier molecular flexibility index (Phi) is 4.77. The molecule has 1 unspecified atom stereocenters. The van der Waals surface area contributed by atoms with Crippen molar-refractivity contribution < 1.29 is 14.3 Å². The zero-order chi connectivity index (χ0) is 15.2. The number of nitrogens with one attached hydrogen (secondary N) is 1. The first-order chi connectivity index (χ1) is 10.2. The summed E-state index contributed by atoms with van der Waals surface area (Å²) in [7, 11) is 3.10. The van der Waals surface area contributed by atoms with Crippen LogP contribution in [0.15, 0.2) is 42.7 Å². The van der Waals surface area contributed by atoms with Crippen molar-refractivity contribution >= 4 is 5.91 Å². The first kappa shape index (κ1) is 14.8. The molecule has 0 fully saturated rings. The number of pyridine rings is 1. The van der Waals surface area contributed by atoms with Crippen LogP contribution in [-0.4, -0.2) is 25.1 Å². The number of carbonyl (C=O) groups excluding carboxylic acids is 1. The molecular weight excluding hydrogens is 268 g/mol. The molecule has 1 aromatic carbocycles. The second-order valence-electron chi connectivity index (χ2n) is 4.55. The molecule has 0 aliphatic rings. The second kappa shape index (κ2) is 6.74. The molecule has 0 aliphatic carbocycles. The van der Waals surface area contributed by atoms with Gasteiger partial charge in [0.05, 0.1) is 20.3 Å². The van der Waals surface area contributed by atoms with Gasteiger partial charge in [-0.05, 0) is 36.8 Å². The molecule has 5 heteroatoms. The first-order valence-electron chi connectivity index (χ1n) is 6.58. The number of amides is 1. The average molecular weight is 286 g/mol. The highest BCUT2D eigenvalue weighted by atomic mass is 16.5. The van der Waals surface area contributed by atoms with Crippen LogP contribution in [0.1, 0.15) is 28.9 Å². The second-order valence-corrected chi connectivity index (χ2v) is 4.55. The fourth-order valence-corrected chi connectivity index (χ4v) is 1.97. The van der Waals surface area contributed by atoms with E-state index >= 15 is 0 Å². The Morgan fingerprint density at radius 1 is 1.19 bits per heavy atom. The third kappa shape index (κ3) is 3.51. The number of rotatable bonds is 5. The largest absolute Gasteiger partial charge is 0.493 e. The lowest BCUT2D eigenvalue weighted by molar-refractivity contribution is 0.0939. The summed E-state index contributed by atoms with van der Waals surface area (Å²) in [5, 5.41) is 2.93. The average Bonchev–Trinajstić information content (AvgIpc) is 2.54. The van der Waals surface area contributed by atoms with Gasteiger partial charge in [0, 0.05) is 18.0 Å². The number of nitrogens with zero attached hydrogens (tertiary/aromatic N) is 1. The van der Waals surface area contributed by atoms with E-state index in [4.69, 9.17) is 9.47 Å². The van der Waals surface area contributed by atoms with Crippen molar-refractivity contribution in [1.29, 1.82) is 0 Å². The van der Waals surface area contributed by atoms with E-state index in [-0.39, 0.29) is 11.9 Å². The van der Waals surface area contributed by atoms with Gasteiger partial charge < -0.3 is 14.8 Å². The minimum absolute atomic E-state index is 0.126. The summed E-state index contributed by atoms with van der Waals surface area (Å²) in [6.45, 7) is 1.91. The van der Waals surface area contributed by atoms with E-state index in [1.807, 2.05) is 19.1 Å². The molecule has 1 N–H and O–H groups in total. The lowest BCUT2D eigenvalue weighted by atomic mass is 10.1. The number of hydrogen-bond donors (Lipinski definition) is 1. The molecule has 0 radical (unpaired) electrons. The van der Waals surface area contributed by atoms with E-state index in [1.165, 1.54) is 7.11 Å². The number of carbonyl (C=O) groups is 1. The molecule has 2 aromatic rings.